The quantitative estimate of drug-likeness (QED) is 0.436. The van der Waals surface area contributed by atoms with Gasteiger partial charge in [-0.15, -0.1) is 0 Å². The van der Waals surface area contributed by atoms with Crippen molar-refractivity contribution < 1.29 is 4.79 Å². The van der Waals surface area contributed by atoms with Gasteiger partial charge in [-0.3, -0.25) is 4.79 Å². The number of hydrogen-bond acceptors (Lipinski definition) is 1. The molecule has 88 valence electrons. The molecule has 1 nitrogen and oxygen atoms in total. The van der Waals surface area contributed by atoms with Gasteiger partial charge in [-0.25, -0.2) is 0 Å². The molecule has 0 amide bonds. The Morgan fingerprint density at radius 3 is 2.31 bits per heavy atom. The molecule has 0 heterocycles. The maximum atomic E-state index is 12.1. The standard InChI is InChI=1S/C15H22O/c1-11(2)14-9-8-12(3)6-5-7-13(4)10-15(14)16/h6-7H,5,8-10H2,1-4H3/b12-6-,13-7+. The fourth-order valence-corrected chi connectivity index (χ4v) is 1.99. The molecule has 0 N–H and O–H groups in total. The Kier molecular flexibility index (Phi) is 4.72. The van der Waals surface area contributed by atoms with Crippen LogP contribution < -0.4 is 0 Å². The zero-order valence-electron chi connectivity index (χ0n) is 10.9. The van der Waals surface area contributed by atoms with Crippen LogP contribution in [-0.4, -0.2) is 5.78 Å². The average Bonchev–Trinajstić information content (AvgIpc) is 2.16. The molecule has 0 aliphatic heterocycles. The van der Waals surface area contributed by atoms with E-state index in [-0.39, 0.29) is 0 Å². The van der Waals surface area contributed by atoms with Crippen molar-refractivity contribution in [1.29, 1.82) is 0 Å². The summed E-state index contributed by atoms with van der Waals surface area (Å²) in [6.45, 7) is 8.28. The topological polar surface area (TPSA) is 17.1 Å². The number of hydrogen-bond donors (Lipinski definition) is 0. The SMILES string of the molecule is CC(C)=C1CC/C(C)=C\C/C=C(\C)CC1=O. The van der Waals surface area contributed by atoms with Crippen molar-refractivity contribution in [3.8, 4) is 0 Å². The van der Waals surface area contributed by atoms with Crippen molar-refractivity contribution in [3.63, 3.8) is 0 Å². The predicted molar refractivity (Wildman–Crippen MR) is 69.4 cm³/mol. The van der Waals surface area contributed by atoms with E-state index < -0.39 is 0 Å². The van der Waals surface area contributed by atoms with E-state index >= 15 is 0 Å². The number of rotatable bonds is 0. The Hall–Kier alpha value is -1.11. The molecule has 0 saturated carbocycles. The second-order valence-corrected chi connectivity index (χ2v) is 4.92. The minimum atomic E-state index is 0.309. The Morgan fingerprint density at radius 1 is 1.06 bits per heavy atom. The molecule has 0 atom stereocenters. The second-order valence-electron chi connectivity index (χ2n) is 4.92. The minimum Gasteiger partial charge on any atom is -0.294 e. The van der Waals surface area contributed by atoms with Crippen LogP contribution in [0.25, 0.3) is 0 Å². The summed E-state index contributed by atoms with van der Waals surface area (Å²) in [5, 5.41) is 0. The summed E-state index contributed by atoms with van der Waals surface area (Å²) in [5.74, 6) is 0.309. The summed E-state index contributed by atoms with van der Waals surface area (Å²) in [6, 6.07) is 0. The predicted octanol–water partition coefficient (Wildman–Crippen LogP) is 4.36. The molecule has 0 fully saturated rings. The fourth-order valence-electron chi connectivity index (χ4n) is 1.99. The first-order valence-corrected chi connectivity index (χ1v) is 6.01. The summed E-state index contributed by atoms with van der Waals surface area (Å²) in [6.07, 6.45) is 7.90. The summed E-state index contributed by atoms with van der Waals surface area (Å²) < 4.78 is 0. The first kappa shape index (κ1) is 13.0. The molecular weight excluding hydrogens is 196 g/mol. The minimum absolute atomic E-state index is 0.309. The van der Waals surface area contributed by atoms with Gasteiger partial charge in [0.1, 0.15) is 0 Å². The summed E-state index contributed by atoms with van der Waals surface area (Å²) in [4.78, 5) is 12.1. The van der Waals surface area contributed by atoms with E-state index in [2.05, 4.69) is 19.1 Å². The van der Waals surface area contributed by atoms with Gasteiger partial charge in [-0.2, -0.15) is 0 Å². The van der Waals surface area contributed by atoms with E-state index in [1.54, 1.807) is 0 Å². The van der Waals surface area contributed by atoms with E-state index in [1.807, 2.05) is 20.8 Å². The Morgan fingerprint density at radius 2 is 1.69 bits per heavy atom. The summed E-state index contributed by atoms with van der Waals surface area (Å²) >= 11 is 0. The van der Waals surface area contributed by atoms with Crippen molar-refractivity contribution in [2.75, 3.05) is 0 Å². The molecule has 0 spiro atoms. The normalized spacial score (nSPS) is 25.5. The van der Waals surface area contributed by atoms with E-state index in [4.69, 9.17) is 0 Å². The van der Waals surface area contributed by atoms with Crippen LogP contribution in [0.2, 0.25) is 0 Å². The molecule has 0 saturated heterocycles. The molecule has 1 aliphatic carbocycles. The third kappa shape index (κ3) is 3.80. The van der Waals surface area contributed by atoms with Crippen molar-refractivity contribution in [3.05, 3.63) is 34.4 Å². The number of Topliss-reactive ketones (excluding diaryl/α,β-unsaturated/α-hetero) is 1. The molecule has 0 aromatic rings. The summed E-state index contributed by atoms with van der Waals surface area (Å²) in [7, 11) is 0. The smallest absolute Gasteiger partial charge is 0.162 e. The molecule has 1 aliphatic rings. The zero-order valence-corrected chi connectivity index (χ0v) is 10.9. The van der Waals surface area contributed by atoms with Crippen molar-refractivity contribution in [2.24, 2.45) is 0 Å². The van der Waals surface area contributed by atoms with Gasteiger partial charge in [0.15, 0.2) is 5.78 Å². The van der Waals surface area contributed by atoms with E-state index in [9.17, 15) is 4.79 Å². The van der Waals surface area contributed by atoms with Gasteiger partial charge < -0.3 is 0 Å². The highest BCUT2D eigenvalue weighted by atomic mass is 16.1. The van der Waals surface area contributed by atoms with Crippen LogP contribution in [0.3, 0.4) is 0 Å². The van der Waals surface area contributed by atoms with Crippen LogP contribution in [0.15, 0.2) is 34.4 Å². The lowest BCUT2D eigenvalue weighted by atomic mass is 9.93. The number of allylic oxidation sites excluding steroid dienone is 6. The monoisotopic (exact) mass is 218 g/mol. The molecule has 0 unspecified atom stereocenters. The Bertz CT molecular complexity index is 363. The lowest BCUT2D eigenvalue weighted by molar-refractivity contribution is -0.115. The van der Waals surface area contributed by atoms with Gasteiger partial charge in [0, 0.05) is 6.42 Å². The Balaban J connectivity index is 2.97. The van der Waals surface area contributed by atoms with Gasteiger partial charge in [0.05, 0.1) is 0 Å². The van der Waals surface area contributed by atoms with Crippen LogP contribution in [0.4, 0.5) is 0 Å². The molecule has 0 aromatic carbocycles. The largest absolute Gasteiger partial charge is 0.294 e. The van der Waals surface area contributed by atoms with Gasteiger partial charge in [0.2, 0.25) is 0 Å². The van der Waals surface area contributed by atoms with Crippen LogP contribution in [0.1, 0.15) is 53.4 Å². The average molecular weight is 218 g/mol. The lowest BCUT2D eigenvalue weighted by Crippen LogP contribution is -2.06. The second kappa shape index (κ2) is 5.83. The highest BCUT2D eigenvalue weighted by molar-refractivity contribution is 5.97. The Labute approximate surface area is 98.9 Å². The number of ketones is 1. The molecule has 0 aromatic heterocycles. The van der Waals surface area contributed by atoms with Crippen LogP contribution in [0, 0.1) is 0 Å². The van der Waals surface area contributed by atoms with Crippen molar-refractivity contribution in [2.45, 2.75) is 53.4 Å². The molecule has 1 rings (SSSR count). The number of carbonyl (C=O) groups excluding carboxylic acids is 1. The van der Waals surface area contributed by atoms with Gasteiger partial charge >= 0.3 is 0 Å². The number of carbonyl (C=O) groups is 1. The molecule has 1 heteroatoms. The van der Waals surface area contributed by atoms with Crippen LogP contribution in [-0.2, 0) is 4.79 Å². The van der Waals surface area contributed by atoms with E-state index in [0.717, 1.165) is 24.8 Å². The van der Waals surface area contributed by atoms with Crippen LogP contribution >= 0.6 is 0 Å². The van der Waals surface area contributed by atoms with Gasteiger partial charge in [0.25, 0.3) is 0 Å². The van der Waals surface area contributed by atoms with Crippen molar-refractivity contribution >= 4 is 5.78 Å². The maximum absolute atomic E-state index is 12.1. The zero-order chi connectivity index (χ0) is 12.1. The highest BCUT2D eigenvalue weighted by Crippen LogP contribution is 2.21. The van der Waals surface area contributed by atoms with E-state index in [1.165, 1.54) is 16.7 Å². The third-order valence-electron chi connectivity index (χ3n) is 3.08. The van der Waals surface area contributed by atoms with Crippen LogP contribution in [0.5, 0.6) is 0 Å². The molecule has 0 bridgehead atoms. The molecule has 16 heavy (non-hydrogen) atoms. The highest BCUT2D eigenvalue weighted by Gasteiger charge is 2.12. The first-order valence-electron chi connectivity index (χ1n) is 6.01. The van der Waals surface area contributed by atoms with Gasteiger partial charge in [-0.05, 0) is 52.5 Å². The fraction of sp³-hybridized carbons (Fsp3) is 0.533. The molecular formula is C15H22O. The lowest BCUT2D eigenvalue weighted by Gasteiger charge is -2.11. The third-order valence-corrected chi connectivity index (χ3v) is 3.08. The van der Waals surface area contributed by atoms with Crippen molar-refractivity contribution in [1.82, 2.24) is 0 Å². The summed E-state index contributed by atoms with van der Waals surface area (Å²) in [5.41, 5.74) is 4.78. The van der Waals surface area contributed by atoms with E-state index in [0.29, 0.717) is 12.2 Å². The maximum Gasteiger partial charge on any atom is 0.162 e. The van der Waals surface area contributed by atoms with Gasteiger partial charge in [-0.1, -0.05) is 28.9 Å². The molecule has 0 radical (unpaired) electrons. The first-order chi connectivity index (χ1) is 7.50.